The molecule has 0 aliphatic rings. The highest BCUT2D eigenvalue weighted by Crippen LogP contribution is 2.04. The highest BCUT2D eigenvalue weighted by Gasteiger charge is 2.01. The van der Waals surface area contributed by atoms with Crippen LogP contribution in [-0.2, 0) is 6.42 Å². The quantitative estimate of drug-likeness (QED) is 0.796. The van der Waals surface area contributed by atoms with Crippen molar-refractivity contribution in [2.24, 2.45) is 0 Å². The second-order valence-electron chi connectivity index (χ2n) is 3.78. The molecule has 0 saturated heterocycles. The molecule has 1 atom stereocenters. The van der Waals surface area contributed by atoms with Gasteiger partial charge in [0, 0.05) is 6.54 Å². The van der Waals surface area contributed by atoms with Gasteiger partial charge in [-0.05, 0) is 25.3 Å². The molecule has 0 radical (unpaired) electrons. The predicted octanol–water partition coefficient (Wildman–Crippen LogP) is 2.43. The highest BCUT2D eigenvalue weighted by atomic mass is 14.9. The zero-order valence-electron chi connectivity index (χ0n) is 9.46. The van der Waals surface area contributed by atoms with Crippen molar-refractivity contribution in [2.45, 2.75) is 32.7 Å². The van der Waals surface area contributed by atoms with Crippen LogP contribution in [0.15, 0.2) is 24.3 Å². The summed E-state index contributed by atoms with van der Waals surface area (Å²) < 4.78 is 0. The molecular weight excluding hydrogens is 184 g/mol. The fourth-order valence-corrected chi connectivity index (χ4v) is 1.54. The molecule has 0 aliphatic heterocycles. The monoisotopic (exact) mass is 202 g/mol. The lowest BCUT2D eigenvalue weighted by atomic mass is 10.1. The molecular formula is C13H18N2. The predicted molar refractivity (Wildman–Crippen MR) is 62.6 cm³/mol. The summed E-state index contributed by atoms with van der Waals surface area (Å²) in [6.07, 6.45) is 1.85. The van der Waals surface area contributed by atoms with Crippen LogP contribution in [0.2, 0.25) is 0 Å². The third-order valence-electron chi connectivity index (χ3n) is 2.45. The summed E-state index contributed by atoms with van der Waals surface area (Å²) in [7, 11) is 0. The standard InChI is InChI=1S/C13H18N2/c1-3-13(10-14)15-8-7-12-6-4-5-11(2)9-12/h4-6,9,13,15H,3,7-8H2,1-2H3. The van der Waals surface area contributed by atoms with Crippen LogP contribution in [0.4, 0.5) is 0 Å². The van der Waals surface area contributed by atoms with Crippen LogP contribution in [0.25, 0.3) is 0 Å². The Morgan fingerprint density at radius 1 is 1.47 bits per heavy atom. The molecule has 0 aliphatic carbocycles. The first-order valence-corrected chi connectivity index (χ1v) is 5.44. The van der Waals surface area contributed by atoms with Crippen LogP contribution in [0.1, 0.15) is 24.5 Å². The molecule has 1 N–H and O–H groups in total. The second-order valence-corrected chi connectivity index (χ2v) is 3.78. The molecule has 80 valence electrons. The first-order chi connectivity index (χ1) is 7.26. The lowest BCUT2D eigenvalue weighted by molar-refractivity contribution is 0.588. The van der Waals surface area contributed by atoms with Crippen molar-refractivity contribution in [2.75, 3.05) is 6.54 Å². The van der Waals surface area contributed by atoms with Crippen LogP contribution in [0.5, 0.6) is 0 Å². The summed E-state index contributed by atoms with van der Waals surface area (Å²) in [6.45, 7) is 4.99. The number of nitrogens with zero attached hydrogens (tertiary/aromatic N) is 1. The smallest absolute Gasteiger partial charge is 0.0950 e. The Morgan fingerprint density at radius 3 is 2.87 bits per heavy atom. The van der Waals surface area contributed by atoms with E-state index < -0.39 is 0 Å². The topological polar surface area (TPSA) is 35.8 Å². The van der Waals surface area contributed by atoms with Gasteiger partial charge in [0.05, 0.1) is 12.1 Å². The Labute approximate surface area is 91.9 Å². The van der Waals surface area contributed by atoms with E-state index >= 15 is 0 Å². The third-order valence-corrected chi connectivity index (χ3v) is 2.45. The van der Waals surface area contributed by atoms with Crippen LogP contribution in [0.3, 0.4) is 0 Å². The summed E-state index contributed by atoms with van der Waals surface area (Å²) in [5.74, 6) is 0. The van der Waals surface area contributed by atoms with Gasteiger partial charge < -0.3 is 5.32 Å². The summed E-state index contributed by atoms with van der Waals surface area (Å²) in [5, 5.41) is 12.0. The van der Waals surface area contributed by atoms with E-state index in [2.05, 4.69) is 42.6 Å². The molecule has 0 aromatic heterocycles. The normalized spacial score (nSPS) is 12.1. The van der Waals surface area contributed by atoms with E-state index in [-0.39, 0.29) is 6.04 Å². The maximum atomic E-state index is 8.75. The van der Waals surface area contributed by atoms with Crippen molar-refractivity contribution in [3.05, 3.63) is 35.4 Å². The van der Waals surface area contributed by atoms with Gasteiger partial charge in [-0.25, -0.2) is 0 Å². The first-order valence-electron chi connectivity index (χ1n) is 5.44. The SMILES string of the molecule is CCC(C#N)NCCc1cccc(C)c1. The average Bonchev–Trinajstić information content (AvgIpc) is 2.25. The van der Waals surface area contributed by atoms with Gasteiger partial charge in [0.15, 0.2) is 0 Å². The summed E-state index contributed by atoms with van der Waals surface area (Å²) in [4.78, 5) is 0. The van der Waals surface area contributed by atoms with Crippen LogP contribution in [0, 0.1) is 18.3 Å². The molecule has 1 aromatic rings. The van der Waals surface area contributed by atoms with Gasteiger partial charge in [-0.1, -0.05) is 36.8 Å². The molecule has 1 aromatic carbocycles. The Morgan fingerprint density at radius 2 is 2.27 bits per heavy atom. The highest BCUT2D eigenvalue weighted by molar-refractivity contribution is 5.22. The number of rotatable bonds is 5. The van der Waals surface area contributed by atoms with Crippen LogP contribution < -0.4 is 5.32 Å². The van der Waals surface area contributed by atoms with Crippen LogP contribution >= 0.6 is 0 Å². The summed E-state index contributed by atoms with van der Waals surface area (Å²) in [6, 6.07) is 10.7. The molecule has 0 amide bonds. The van der Waals surface area contributed by atoms with Crippen molar-refractivity contribution in [3.8, 4) is 6.07 Å². The maximum Gasteiger partial charge on any atom is 0.0950 e. The van der Waals surface area contributed by atoms with Crippen molar-refractivity contribution < 1.29 is 0 Å². The number of nitriles is 1. The molecule has 0 heterocycles. The van der Waals surface area contributed by atoms with Crippen molar-refractivity contribution in [1.82, 2.24) is 5.32 Å². The number of benzene rings is 1. The zero-order valence-corrected chi connectivity index (χ0v) is 9.46. The fraction of sp³-hybridized carbons (Fsp3) is 0.462. The van der Waals surface area contributed by atoms with Gasteiger partial charge in [0.1, 0.15) is 0 Å². The Balaban J connectivity index is 2.35. The molecule has 0 fully saturated rings. The lowest BCUT2D eigenvalue weighted by Crippen LogP contribution is -2.28. The van der Waals surface area contributed by atoms with E-state index in [1.54, 1.807) is 0 Å². The van der Waals surface area contributed by atoms with E-state index in [1.807, 2.05) is 6.92 Å². The fourth-order valence-electron chi connectivity index (χ4n) is 1.54. The van der Waals surface area contributed by atoms with Gasteiger partial charge in [-0.2, -0.15) is 5.26 Å². The molecule has 0 bridgehead atoms. The van der Waals surface area contributed by atoms with E-state index in [9.17, 15) is 0 Å². The maximum absolute atomic E-state index is 8.75. The number of nitrogens with one attached hydrogen (secondary N) is 1. The summed E-state index contributed by atoms with van der Waals surface area (Å²) >= 11 is 0. The Hall–Kier alpha value is -1.33. The van der Waals surface area contributed by atoms with Crippen molar-refractivity contribution in [1.29, 1.82) is 5.26 Å². The Kier molecular flexibility index (Phi) is 4.86. The molecule has 1 unspecified atom stereocenters. The van der Waals surface area contributed by atoms with E-state index in [0.29, 0.717) is 0 Å². The first kappa shape index (κ1) is 11.7. The minimum absolute atomic E-state index is 0.00481. The molecule has 0 spiro atoms. The van der Waals surface area contributed by atoms with Crippen molar-refractivity contribution in [3.63, 3.8) is 0 Å². The van der Waals surface area contributed by atoms with Gasteiger partial charge in [0.25, 0.3) is 0 Å². The van der Waals surface area contributed by atoms with E-state index in [4.69, 9.17) is 5.26 Å². The third kappa shape index (κ3) is 4.14. The van der Waals surface area contributed by atoms with Crippen molar-refractivity contribution >= 4 is 0 Å². The number of hydrogen-bond acceptors (Lipinski definition) is 2. The number of aryl methyl sites for hydroxylation is 1. The van der Waals surface area contributed by atoms with Gasteiger partial charge in [-0.3, -0.25) is 0 Å². The minimum atomic E-state index is -0.00481. The molecule has 0 saturated carbocycles. The molecule has 2 nitrogen and oxygen atoms in total. The molecule has 1 rings (SSSR count). The van der Waals surface area contributed by atoms with Gasteiger partial charge in [-0.15, -0.1) is 0 Å². The molecule has 15 heavy (non-hydrogen) atoms. The van der Waals surface area contributed by atoms with Crippen LogP contribution in [-0.4, -0.2) is 12.6 Å². The van der Waals surface area contributed by atoms with E-state index in [1.165, 1.54) is 11.1 Å². The van der Waals surface area contributed by atoms with Gasteiger partial charge in [0.2, 0.25) is 0 Å². The van der Waals surface area contributed by atoms with Gasteiger partial charge >= 0.3 is 0 Å². The Bertz CT molecular complexity index is 339. The summed E-state index contributed by atoms with van der Waals surface area (Å²) in [5.41, 5.74) is 2.62. The average molecular weight is 202 g/mol. The number of hydrogen-bond donors (Lipinski definition) is 1. The molecule has 2 heteroatoms. The minimum Gasteiger partial charge on any atom is -0.302 e. The lowest BCUT2D eigenvalue weighted by Gasteiger charge is -2.08. The largest absolute Gasteiger partial charge is 0.302 e. The van der Waals surface area contributed by atoms with E-state index in [0.717, 1.165) is 19.4 Å². The zero-order chi connectivity index (χ0) is 11.1. The second kappa shape index (κ2) is 6.21.